The second-order valence-corrected chi connectivity index (χ2v) is 9.25. The molecular weight excluding hydrogens is 458 g/mol. The van der Waals surface area contributed by atoms with E-state index in [9.17, 15) is 14.4 Å². The highest BCUT2D eigenvalue weighted by Gasteiger charge is 2.34. The zero-order valence-corrected chi connectivity index (χ0v) is 20.8. The lowest BCUT2D eigenvalue weighted by atomic mass is 10.1. The van der Waals surface area contributed by atoms with E-state index in [-0.39, 0.29) is 24.3 Å². The molecule has 2 aromatic heterocycles. The van der Waals surface area contributed by atoms with Crippen LogP contribution in [0.1, 0.15) is 50.8 Å². The minimum atomic E-state index is -0.281. The molecule has 10 heteroatoms. The van der Waals surface area contributed by atoms with Gasteiger partial charge in [0.1, 0.15) is 11.6 Å². The molecule has 36 heavy (non-hydrogen) atoms. The van der Waals surface area contributed by atoms with Gasteiger partial charge < -0.3 is 9.80 Å². The summed E-state index contributed by atoms with van der Waals surface area (Å²) in [6, 6.07) is 10.8. The minimum absolute atomic E-state index is 0.0356. The predicted octanol–water partition coefficient (Wildman–Crippen LogP) is 2.31. The zero-order chi connectivity index (χ0) is 25.4. The average Bonchev–Trinajstić information content (AvgIpc) is 3.34. The smallest absolute Gasteiger partial charge is 0.261 e. The van der Waals surface area contributed by atoms with Crippen LogP contribution in [0.2, 0.25) is 0 Å². The fourth-order valence-corrected chi connectivity index (χ4v) is 4.84. The molecule has 186 valence electrons. The Morgan fingerprint density at radius 2 is 1.53 bits per heavy atom. The number of benzene rings is 1. The number of carbonyl (C=O) groups excluding carboxylic acids is 3. The SMILES string of the molecule is Cc1cc(C)n(-c2cc(N3CCN(C(=O)CCCN4C(=O)c5ccccc5C4=O)CC3)nc(C)n2)n1. The summed E-state index contributed by atoms with van der Waals surface area (Å²) in [5, 5.41) is 4.53. The molecule has 0 aliphatic carbocycles. The fourth-order valence-electron chi connectivity index (χ4n) is 4.84. The number of amides is 3. The number of anilines is 1. The molecule has 0 atom stereocenters. The minimum Gasteiger partial charge on any atom is -0.353 e. The standard InChI is InChI=1S/C26H29N7O3/c1-17-15-18(2)33(29-17)23-16-22(27-19(3)28-23)30-11-13-31(14-12-30)24(34)9-6-10-32-25(35)20-7-4-5-8-21(20)26(32)36/h4-5,7-8,15-16H,6,9-14H2,1-3H3. The van der Waals surface area contributed by atoms with Crippen molar-refractivity contribution in [1.29, 1.82) is 0 Å². The molecule has 0 radical (unpaired) electrons. The van der Waals surface area contributed by atoms with Gasteiger partial charge in [0.05, 0.1) is 16.8 Å². The van der Waals surface area contributed by atoms with Gasteiger partial charge in [-0.05, 0) is 45.4 Å². The number of aryl methyl sites for hydroxylation is 3. The molecule has 0 unspecified atom stereocenters. The second-order valence-electron chi connectivity index (χ2n) is 9.25. The predicted molar refractivity (Wildman–Crippen MR) is 133 cm³/mol. The van der Waals surface area contributed by atoms with Gasteiger partial charge in [-0.15, -0.1) is 0 Å². The Kier molecular flexibility index (Phi) is 6.26. The lowest BCUT2D eigenvalue weighted by Crippen LogP contribution is -2.49. The van der Waals surface area contributed by atoms with Crippen molar-refractivity contribution in [3.63, 3.8) is 0 Å². The van der Waals surface area contributed by atoms with E-state index in [0.29, 0.717) is 56.0 Å². The first-order valence-electron chi connectivity index (χ1n) is 12.2. The molecule has 10 nitrogen and oxygen atoms in total. The largest absolute Gasteiger partial charge is 0.353 e. The number of imide groups is 1. The summed E-state index contributed by atoms with van der Waals surface area (Å²) >= 11 is 0. The molecule has 1 fully saturated rings. The summed E-state index contributed by atoms with van der Waals surface area (Å²) in [6.45, 7) is 8.56. The highest BCUT2D eigenvalue weighted by atomic mass is 16.2. The van der Waals surface area contributed by atoms with Crippen LogP contribution in [0.5, 0.6) is 0 Å². The molecule has 0 saturated carbocycles. The van der Waals surface area contributed by atoms with Crippen LogP contribution in [0.25, 0.3) is 5.82 Å². The highest BCUT2D eigenvalue weighted by molar-refractivity contribution is 6.21. The molecule has 2 aliphatic rings. The maximum absolute atomic E-state index is 12.8. The number of aromatic nitrogens is 4. The maximum atomic E-state index is 12.8. The first-order chi connectivity index (χ1) is 17.3. The van der Waals surface area contributed by atoms with Gasteiger partial charge in [-0.1, -0.05) is 12.1 Å². The molecule has 3 amide bonds. The molecule has 3 aromatic rings. The van der Waals surface area contributed by atoms with Crippen molar-refractivity contribution < 1.29 is 14.4 Å². The Morgan fingerprint density at radius 1 is 0.889 bits per heavy atom. The van der Waals surface area contributed by atoms with Gasteiger partial charge in [0.25, 0.3) is 11.8 Å². The van der Waals surface area contributed by atoms with Gasteiger partial charge in [-0.25, -0.2) is 14.6 Å². The van der Waals surface area contributed by atoms with Crippen LogP contribution >= 0.6 is 0 Å². The maximum Gasteiger partial charge on any atom is 0.261 e. The third kappa shape index (κ3) is 4.46. The van der Waals surface area contributed by atoms with Gasteiger partial charge in [-0.2, -0.15) is 5.10 Å². The van der Waals surface area contributed by atoms with Gasteiger partial charge in [0.2, 0.25) is 5.91 Å². The van der Waals surface area contributed by atoms with Crippen LogP contribution < -0.4 is 4.90 Å². The van der Waals surface area contributed by atoms with E-state index in [1.165, 1.54) is 4.90 Å². The molecule has 0 bridgehead atoms. The number of nitrogens with zero attached hydrogens (tertiary/aromatic N) is 7. The van der Waals surface area contributed by atoms with Gasteiger partial charge in [0.15, 0.2) is 5.82 Å². The first-order valence-corrected chi connectivity index (χ1v) is 12.2. The van der Waals surface area contributed by atoms with Gasteiger partial charge in [0, 0.05) is 50.9 Å². The number of carbonyl (C=O) groups is 3. The monoisotopic (exact) mass is 487 g/mol. The summed E-state index contributed by atoms with van der Waals surface area (Å²) in [6.07, 6.45) is 0.740. The summed E-state index contributed by atoms with van der Waals surface area (Å²) in [5.74, 6) is 1.70. The van der Waals surface area contributed by atoms with Crippen LogP contribution in [0.4, 0.5) is 5.82 Å². The summed E-state index contributed by atoms with van der Waals surface area (Å²) in [7, 11) is 0. The van der Waals surface area contributed by atoms with E-state index in [0.717, 1.165) is 23.0 Å². The Morgan fingerprint density at radius 3 is 2.14 bits per heavy atom. The lowest BCUT2D eigenvalue weighted by Gasteiger charge is -2.35. The van der Waals surface area contributed by atoms with Crippen LogP contribution in [0, 0.1) is 20.8 Å². The van der Waals surface area contributed by atoms with Gasteiger partial charge in [-0.3, -0.25) is 19.3 Å². The number of hydrogen-bond acceptors (Lipinski definition) is 7. The highest BCUT2D eigenvalue weighted by Crippen LogP contribution is 2.23. The molecule has 4 heterocycles. The van der Waals surface area contributed by atoms with E-state index >= 15 is 0 Å². The molecule has 1 aromatic carbocycles. The second kappa shape index (κ2) is 9.52. The van der Waals surface area contributed by atoms with Crippen LogP contribution in [0.15, 0.2) is 36.4 Å². The van der Waals surface area contributed by atoms with Gasteiger partial charge >= 0.3 is 0 Å². The Bertz CT molecular complexity index is 1310. The fraction of sp³-hybridized carbons (Fsp3) is 0.385. The summed E-state index contributed by atoms with van der Waals surface area (Å²) in [4.78, 5) is 52.2. The number of hydrogen-bond donors (Lipinski definition) is 0. The normalized spacial score (nSPS) is 15.6. The van der Waals surface area contributed by atoms with Crippen LogP contribution in [0.3, 0.4) is 0 Å². The topological polar surface area (TPSA) is 105 Å². The number of fused-ring (bicyclic) bond motifs is 1. The van der Waals surface area contributed by atoms with Crippen molar-refractivity contribution in [2.24, 2.45) is 0 Å². The van der Waals surface area contributed by atoms with Crippen molar-refractivity contribution in [3.05, 3.63) is 64.7 Å². The molecular formula is C26H29N7O3. The van der Waals surface area contributed by atoms with Crippen LogP contribution in [-0.2, 0) is 4.79 Å². The van der Waals surface area contributed by atoms with Crippen molar-refractivity contribution in [1.82, 2.24) is 29.5 Å². The lowest BCUT2D eigenvalue weighted by molar-refractivity contribution is -0.131. The molecule has 2 aliphatic heterocycles. The van der Waals surface area contributed by atoms with E-state index < -0.39 is 0 Å². The molecule has 0 spiro atoms. The third-order valence-electron chi connectivity index (χ3n) is 6.64. The average molecular weight is 488 g/mol. The quantitative estimate of drug-likeness (QED) is 0.492. The summed E-state index contributed by atoms with van der Waals surface area (Å²) in [5.41, 5.74) is 2.81. The zero-order valence-electron chi connectivity index (χ0n) is 20.8. The first kappa shape index (κ1) is 23.7. The van der Waals surface area contributed by atoms with Crippen molar-refractivity contribution in [2.75, 3.05) is 37.6 Å². The Labute approximate surface area is 209 Å². The Balaban J connectivity index is 1.15. The van der Waals surface area contributed by atoms with E-state index in [4.69, 9.17) is 0 Å². The van der Waals surface area contributed by atoms with Crippen molar-refractivity contribution in [3.8, 4) is 5.82 Å². The number of piperazine rings is 1. The van der Waals surface area contributed by atoms with Crippen molar-refractivity contribution in [2.45, 2.75) is 33.6 Å². The third-order valence-corrected chi connectivity index (χ3v) is 6.64. The molecule has 5 rings (SSSR count). The molecule has 1 saturated heterocycles. The summed E-state index contributed by atoms with van der Waals surface area (Å²) < 4.78 is 1.82. The number of rotatable bonds is 6. The van der Waals surface area contributed by atoms with Crippen molar-refractivity contribution >= 4 is 23.5 Å². The Hall–Kier alpha value is -4.08. The molecule has 0 N–H and O–H groups in total. The van der Waals surface area contributed by atoms with E-state index in [1.807, 2.05) is 42.5 Å². The van der Waals surface area contributed by atoms with E-state index in [2.05, 4.69) is 20.0 Å². The van der Waals surface area contributed by atoms with Crippen LogP contribution in [-0.4, -0.2) is 80.0 Å². The van der Waals surface area contributed by atoms with E-state index in [1.54, 1.807) is 24.3 Å².